The quantitative estimate of drug-likeness (QED) is 0.395. The normalized spacial score (nSPS) is 17.2. The summed E-state index contributed by atoms with van der Waals surface area (Å²) in [4.78, 5) is 13.4. The molecule has 0 bridgehead atoms. The molecule has 1 aromatic rings. The SMILES string of the molecule is C[n+]1ccn(C(=O)N2CCC(C(F)(F)F)CC2)c1.[I-]. The summed E-state index contributed by atoms with van der Waals surface area (Å²) in [6.07, 6.45) is 0.733. The average Bonchev–Trinajstić information content (AvgIpc) is 2.74. The van der Waals surface area contributed by atoms with E-state index >= 15 is 0 Å². The maximum atomic E-state index is 12.5. The summed E-state index contributed by atoms with van der Waals surface area (Å²) in [5.74, 6) is -1.28. The predicted octanol–water partition coefficient (Wildman–Crippen LogP) is -1.44. The van der Waals surface area contributed by atoms with Crippen LogP contribution in [0.15, 0.2) is 18.7 Å². The van der Waals surface area contributed by atoms with Crippen LogP contribution in [0.5, 0.6) is 0 Å². The second-order valence-corrected chi connectivity index (χ2v) is 4.57. The molecule has 0 aromatic carbocycles. The van der Waals surface area contributed by atoms with Gasteiger partial charge in [-0.1, -0.05) is 0 Å². The van der Waals surface area contributed by atoms with E-state index in [1.54, 1.807) is 30.3 Å². The van der Waals surface area contributed by atoms with Gasteiger partial charge in [0, 0.05) is 13.1 Å². The highest BCUT2D eigenvalue weighted by Gasteiger charge is 2.42. The summed E-state index contributed by atoms with van der Waals surface area (Å²) in [6.45, 7) is 0.315. The van der Waals surface area contributed by atoms with Crippen LogP contribution in [0.3, 0.4) is 0 Å². The Balaban J connectivity index is 0.00000180. The van der Waals surface area contributed by atoms with Gasteiger partial charge in [-0.3, -0.25) is 0 Å². The lowest BCUT2D eigenvalue weighted by atomic mass is 9.96. The van der Waals surface area contributed by atoms with E-state index in [0.29, 0.717) is 0 Å². The number of nitrogens with zero attached hydrogens (tertiary/aromatic N) is 3. The number of aryl methyl sites for hydroxylation is 1. The second kappa shape index (κ2) is 6.10. The van der Waals surface area contributed by atoms with Gasteiger partial charge in [0.2, 0.25) is 0 Å². The van der Waals surface area contributed by atoms with Crippen LogP contribution < -0.4 is 28.5 Å². The van der Waals surface area contributed by atoms with Crippen LogP contribution in [0.1, 0.15) is 12.8 Å². The predicted molar refractivity (Wildman–Crippen MR) is 56.8 cm³/mol. The molecule has 1 aliphatic rings. The molecule has 1 aliphatic heterocycles. The van der Waals surface area contributed by atoms with Gasteiger partial charge in [-0.15, -0.1) is 0 Å². The third-order valence-corrected chi connectivity index (χ3v) is 3.22. The lowest BCUT2D eigenvalue weighted by Crippen LogP contribution is -3.00. The van der Waals surface area contributed by atoms with Crippen molar-refractivity contribution in [1.29, 1.82) is 0 Å². The highest BCUT2D eigenvalue weighted by molar-refractivity contribution is 5.76. The van der Waals surface area contributed by atoms with Crippen molar-refractivity contribution in [2.45, 2.75) is 19.0 Å². The van der Waals surface area contributed by atoms with E-state index in [9.17, 15) is 18.0 Å². The number of rotatable bonds is 0. The van der Waals surface area contributed by atoms with E-state index < -0.39 is 12.1 Å². The van der Waals surface area contributed by atoms with E-state index in [0.717, 1.165) is 0 Å². The summed E-state index contributed by atoms with van der Waals surface area (Å²) in [7, 11) is 1.78. The third kappa shape index (κ3) is 3.83. The fourth-order valence-electron chi connectivity index (χ4n) is 2.12. The standard InChI is InChI=1S/C11H15F3N3O.HI/c1-15-6-7-17(8-15)10(18)16-4-2-9(3-5-16)11(12,13)14;/h6-9H,2-5H2,1H3;1H/q+1;/p-1. The van der Waals surface area contributed by atoms with Gasteiger partial charge in [0.25, 0.3) is 6.33 Å². The number of halogens is 4. The Morgan fingerprint density at radius 1 is 1.32 bits per heavy atom. The molecule has 0 saturated carbocycles. The van der Waals surface area contributed by atoms with Crippen molar-refractivity contribution in [2.24, 2.45) is 13.0 Å². The summed E-state index contributed by atoms with van der Waals surface area (Å²) < 4.78 is 40.5. The van der Waals surface area contributed by atoms with Gasteiger partial charge < -0.3 is 28.9 Å². The maximum Gasteiger partial charge on any atom is 0.415 e. The largest absolute Gasteiger partial charge is 1.00 e. The molecule has 1 fully saturated rings. The molecule has 0 aliphatic carbocycles. The molecule has 0 radical (unpaired) electrons. The first-order valence-electron chi connectivity index (χ1n) is 5.77. The van der Waals surface area contributed by atoms with Gasteiger partial charge in [-0.2, -0.15) is 17.7 Å². The van der Waals surface area contributed by atoms with Crippen molar-refractivity contribution in [3.63, 3.8) is 0 Å². The number of carbonyl (C=O) groups is 1. The van der Waals surface area contributed by atoms with Crippen LogP contribution in [0.25, 0.3) is 0 Å². The Labute approximate surface area is 126 Å². The van der Waals surface area contributed by atoms with Crippen LogP contribution in [-0.4, -0.2) is 34.8 Å². The number of piperidine rings is 1. The topological polar surface area (TPSA) is 29.1 Å². The molecule has 19 heavy (non-hydrogen) atoms. The van der Waals surface area contributed by atoms with E-state index in [1.807, 2.05) is 0 Å². The lowest BCUT2D eigenvalue weighted by molar-refractivity contribution is -0.670. The number of amides is 1. The number of carbonyl (C=O) groups excluding carboxylic acids is 1. The van der Waals surface area contributed by atoms with E-state index in [2.05, 4.69) is 0 Å². The van der Waals surface area contributed by atoms with Gasteiger partial charge in [0.1, 0.15) is 12.4 Å². The Hall–Kier alpha value is -0.800. The maximum absolute atomic E-state index is 12.5. The van der Waals surface area contributed by atoms with Crippen LogP contribution >= 0.6 is 0 Å². The van der Waals surface area contributed by atoms with Crippen molar-refractivity contribution in [3.05, 3.63) is 18.7 Å². The molecule has 0 unspecified atom stereocenters. The smallest absolute Gasteiger partial charge is 0.415 e. The molecule has 4 nitrogen and oxygen atoms in total. The van der Waals surface area contributed by atoms with Crippen LogP contribution in [-0.2, 0) is 7.05 Å². The monoisotopic (exact) mass is 389 g/mol. The van der Waals surface area contributed by atoms with Crippen molar-refractivity contribution in [2.75, 3.05) is 13.1 Å². The van der Waals surface area contributed by atoms with E-state index in [4.69, 9.17) is 0 Å². The number of hydrogen-bond acceptors (Lipinski definition) is 1. The summed E-state index contributed by atoms with van der Waals surface area (Å²) in [5.41, 5.74) is 0. The fourth-order valence-corrected chi connectivity index (χ4v) is 2.12. The minimum Gasteiger partial charge on any atom is -1.00 e. The fraction of sp³-hybridized carbons (Fsp3) is 0.636. The first kappa shape index (κ1) is 16.3. The Morgan fingerprint density at radius 3 is 2.32 bits per heavy atom. The molecule has 1 aromatic heterocycles. The zero-order valence-corrected chi connectivity index (χ0v) is 12.6. The molecular weight excluding hydrogens is 374 g/mol. The number of imidazole rings is 1. The van der Waals surface area contributed by atoms with Gasteiger partial charge in [0.05, 0.1) is 13.0 Å². The van der Waals surface area contributed by atoms with Gasteiger partial charge in [-0.25, -0.2) is 9.36 Å². The number of hydrogen-bond donors (Lipinski definition) is 0. The Bertz CT molecular complexity index is 439. The molecular formula is C11H15F3IN3O. The summed E-state index contributed by atoms with van der Waals surface area (Å²) in [6, 6.07) is -0.267. The molecule has 2 heterocycles. The van der Waals surface area contributed by atoms with Gasteiger partial charge in [-0.05, 0) is 12.8 Å². The molecule has 0 atom stereocenters. The van der Waals surface area contributed by atoms with Gasteiger partial charge in [0.15, 0.2) is 0 Å². The third-order valence-electron chi connectivity index (χ3n) is 3.22. The van der Waals surface area contributed by atoms with E-state index in [1.165, 1.54) is 9.47 Å². The first-order chi connectivity index (χ1) is 8.38. The molecule has 0 spiro atoms. The summed E-state index contributed by atoms with van der Waals surface area (Å²) in [5, 5.41) is 0. The highest BCUT2D eigenvalue weighted by Crippen LogP contribution is 2.34. The molecule has 0 N–H and O–H groups in total. The van der Waals surface area contributed by atoms with Crippen LogP contribution in [0.2, 0.25) is 0 Å². The number of aromatic nitrogens is 2. The molecule has 8 heteroatoms. The van der Waals surface area contributed by atoms with Crippen molar-refractivity contribution in [1.82, 2.24) is 9.47 Å². The van der Waals surface area contributed by atoms with Crippen molar-refractivity contribution >= 4 is 6.03 Å². The first-order valence-corrected chi connectivity index (χ1v) is 5.77. The average molecular weight is 389 g/mol. The van der Waals surface area contributed by atoms with Gasteiger partial charge >= 0.3 is 12.2 Å². The van der Waals surface area contributed by atoms with Crippen LogP contribution in [0, 0.1) is 5.92 Å². The molecule has 1 saturated heterocycles. The summed E-state index contributed by atoms with van der Waals surface area (Å²) >= 11 is 0. The number of alkyl halides is 3. The van der Waals surface area contributed by atoms with E-state index in [-0.39, 0.29) is 55.9 Å². The molecule has 108 valence electrons. The Kier molecular flexibility index (Phi) is 5.22. The number of likely N-dealkylation sites (tertiary alicyclic amines) is 1. The minimum absolute atomic E-state index is 0. The molecule has 1 amide bonds. The second-order valence-electron chi connectivity index (χ2n) is 4.57. The Morgan fingerprint density at radius 2 is 1.89 bits per heavy atom. The zero-order chi connectivity index (χ0) is 13.3. The van der Waals surface area contributed by atoms with Crippen LogP contribution in [0.4, 0.5) is 18.0 Å². The van der Waals surface area contributed by atoms with Crippen molar-refractivity contribution in [3.8, 4) is 0 Å². The minimum atomic E-state index is -4.14. The molecule has 2 rings (SSSR count). The highest BCUT2D eigenvalue weighted by atomic mass is 127. The van der Waals surface area contributed by atoms with Crippen molar-refractivity contribution < 1.29 is 46.5 Å². The lowest BCUT2D eigenvalue weighted by Gasteiger charge is -2.31. The zero-order valence-electron chi connectivity index (χ0n) is 10.4.